The molecule has 1 aromatic heterocycles. The lowest BCUT2D eigenvalue weighted by Crippen LogP contribution is -2.40. The maximum absolute atomic E-state index is 5.82. The van der Waals surface area contributed by atoms with Crippen molar-refractivity contribution in [3.05, 3.63) is 16.2 Å². The Kier molecular flexibility index (Phi) is 6.07. The number of nitrogen functional groups attached to an aromatic ring is 1. The molecule has 19 heavy (non-hydrogen) atoms. The normalized spacial score (nSPS) is 11.6. The van der Waals surface area contributed by atoms with Crippen LogP contribution in [0.15, 0.2) is 10.7 Å². The summed E-state index contributed by atoms with van der Waals surface area (Å²) in [4.78, 5) is 6.77. The summed E-state index contributed by atoms with van der Waals surface area (Å²) in [5.74, 6) is 0.860. The van der Waals surface area contributed by atoms with Gasteiger partial charge in [-0.15, -0.1) is 0 Å². The van der Waals surface area contributed by atoms with Crippen LogP contribution in [-0.2, 0) is 0 Å². The van der Waals surface area contributed by atoms with Gasteiger partial charge in [0.25, 0.3) is 0 Å². The molecule has 0 radical (unpaired) electrons. The lowest BCUT2D eigenvalue weighted by Gasteiger charge is -2.30. The van der Waals surface area contributed by atoms with Crippen LogP contribution in [0.25, 0.3) is 0 Å². The molecule has 0 spiro atoms. The first-order chi connectivity index (χ1) is 8.84. The maximum Gasteiger partial charge on any atom is 0.140 e. The van der Waals surface area contributed by atoms with Gasteiger partial charge in [0, 0.05) is 25.2 Å². The van der Waals surface area contributed by atoms with E-state index in [0.717, 1.165) is 28.9 Å². The van der Waals surface area contributed by atoms with Crippen LogP contribution in [0.3, 0.4) is 0 Å². The van der Waals surface area contributed by atoms with Gasteiger partial charge in [-0.25, -0.2) is 4.98 Å². The maximum atomic E-state index is 5.82. The van der Waals surface area contributed by atoms with Gasteiger partial charge in [0.05, 0.1) is 16.4 Å². The fourth-order valence-electron chi connectivity index (χ4n) is 2.13. The van der Waals surface area contributed by atoms with E-state index in [1.54, 1.807) is 6.20 Å². The molecule has 4 nitrogen and oxygen atoms in total. The van der Waals surface area contributed by atoms with Gasteiger partial charge in [-0.05, 0) is 56.1 Å². The number of anilines is 2. The summed E-state index contributed by atoms with van der Waals surface area (Å²) in [5, 5.41) is 3.37. The molecule has 0 amide bonds. The molecule has 0 unspecified atom stereocenters. The summed E-state index contributed by atoms with van der Waals surface area (Å²) in [6, 6.07) is 1.10. The molecule has 0 aliphatic carbocycles. The first kappa shape index (κ1) is 16.2. The number of nitrogens with zero attached hydrogens (tertiary/aromatic N) is 2. The van der Waals surface area contributed by atoms with Gasteiger partial charge in [0.1, 0.15) is 5.82 Å². The van der Waals surface area contributed by atoms with Crippen LogP contribution in [-0.4, -0.2) is 35.1 Å². The Morgan fingerprint density at radius 2 is 1.89 bits per heavy atom. The molecule has 0 atom stereocenters. The predicted octanol–water partition coefficient (Wildman–Crippen LogP) is 3.27. The van der Waals surface area contributed by atoms with E-state index in [9.17, 15) is 0 Å². The Morgan fingerprint density at radius 3 is 2.42 bits per heavy atom. The van der Waals surface area contributed by atoms with E-state index in [2.05, 4.69) is 58.8 Å². The average Bonchev–Trinajstić information content (AvgIpc) is 2.33. The minimum absolute atomic E-state index is 0.548. The molecule has 0 aliphatic rings. The van der Waals surface area contributed by atoms with Crippen LogP contribution in [0, 0.1) is 6.92 Å². The third kappa shape index (κ3) is 4.35. The highest BCUT2D eigenvalue weighted by Crippen LogP contribution is 2.27. The summed E-state index contributed by atoms with van der Waals surface area (Å²) in [6.07, 6.45) is 1.70. The van der Waals surface area contributed by atoms with E-state index < -0.39 is 0 Å². The van der Waals surface area contributed by atoms with Crippen LogP contribution in [0.1, 0.15) is 33.3 Å². The van der Waals surface area contributed by atoms with Crippen LogP contribution in [0.5, 0.6) is 0 Å². The van der Waals surface area contributed by atoms with E-state index in [4.69, 9.17) is 5.73 Å². The van der Waals surface area contributed by atoms with Crippen LogP contribution in [0.4, 0.5) is 11.5 Å². The monoisotopic (exact) mass is 328 g/mol. The molecule has 0 saturated heterocycles. The largest absolute Gasteiger partial charge is 0.397 e. The van der Waals surface area contributed by atoms with Gasteiger partial charge < -0.3 is 11.1 Å². The molecule has 0 aromatic carbocycles. The summed E-state index contributed by atoms with van der Waals surface area (Å²) < 4.78 is 0.952. The predicted molar refractivity (Wildman–Crippen MR) is 86.6 cm³/mol. The highest BCUT2D eigenvalue weighted by atomic mass is 79.9. The SMILES string of the molecule is Cc1c(N)cnc(NCCN(C(C)C)C(C)C)c1Br. The summed E-state index contributed by atoms with van der Waals surface area (Å²) in [5.41, 5.74) is 7.56. The highest BCUT2D eigenvalue weighted by Gasteiger charge is 2.13. The fourth-order valence-corrected chi connectivity index (χ4v) is 2.60. The molecule has 0 aliphatic heterocycles. The van der Waals surface area contributed by atoms with Gasteiger partial charge >= 0.3 is 0 Å². The summed E-state index contributed by atoms with van der Waals surface area (Å²) in [7, 11) is 0. The highest BCUT2D eigenvalue weighted by molar-refractivity contribution is 9.10. The van der Waals surface area contributed by atoms with Crippen LogP contribution in [0.2, 0.25) is 0 Å². The molecule has 1 aromatic rings. The number of hydrogen-bond donors (Lipinski definition) is 2. The number of halogens is 1. The Hall–Kier alpha value is -0.810. The second-order valence-electron chi connectivity index (χ2n) is 5.35. The van der Waals surface area contributed by atoms with Crippen molar-refractivity contribution in [3.8, 4) is 0 Å². The Balaban J connectivity index is 2.60. The second-order valence-corrected chi connectivity index (χ2v) is 6.15. The molecule has 1 heterocycles. The zero-order valence-corrected chi connectivity index (χ0v) is 14.1. The Labute approximate surface area is 124 Å². The molecular weight excluding hydrogens is 304 g/mol. The number of rotatable bonds is 6. The van der Waals surface area contributed by atoms with Crippen molar-refractivity contribution >= 4 is 27.4 Å². The van der Waals surface area contributed by atoms with Crippen LogP contribution < -0.4 is 11.1 Å². The molecule has 108 valence electrons. The molecular formula is C14H25BrN4. The number of nitrogens with two attached hydrogens (primary N) is 1. The second kappa shape index (κ2) is 7.10. The third-order valence-corrected chi connectivity index (χ3v) is 4.26. The van der Waals surface area contributed by atoms with E-state index in [-0.39, 0.29) is 0 Å². The molecule has 0 saturated carbocycles. The van der Waals surface area contributed by atoms with Crippen molar-refractivity contribution < 1.29 is 0 Å². The quantitative estimate of drug-likeness (QED) is 0.841. The number of aromatic nitrogens is 1. The van der Waals surface area contributed by atoms with E-state index in [1.807, 2.05) is 6.92 Å². The smallest absolute Gasteiger partial charge is 0.140 e. The topological polar surface area (TPSA) is 54.2 Å². The molecule has 1 rings (SSSR count). The van der Waals surface area contributed by atoms with Crippen LogP contribution >= 0.6 is 15.9 Å². The summed E-state index contributed by atoms with van der Waals surface area (Å²) in [6.45, 7) is 12.7. The zero-order valence-electron chi connectivity index (χ0n) is 12.5. The van der Waals surface area contributed by atoms with Crippen molar-refractivity contribution in [2.75, 3.05) is 24.1 Å². The number of hydrogen-bond acceptors (Lipinski definition) is 4. The van der Waals surface area contributed by atoms with Crippen molar-refractivity contribution in [3.63, 3.8) is 0 Å². The minimum Gasteiger partial charge on any atom is -0.397 e. The van der Waals surface area contributed by atoms with Gasteiger partial charge in [-0.2, -0.15) is 0 Å². The van der Waals surface area contributed by atoms with E-state index in [0.29, 0.717) is 17.8 Å². The van der Waals surface area contributed by atoms with Crippen molar-refractivity contribution in [1.29, 1.82) is 0 Å². The molecule has 5 heteroatoms. The standard InChI is InChI=1S/C14H25BrN4/c1-9(2)19(10(3)4)7-6-17-14-13(15)11(5)12(16)8-18-14/h8-10H,6-7,16H2,1-5H3,(H,17,18). The van der Waals surface area contributed by atoms with Crippen molar-refractivity contribution in [2.45, 2.75) is 46.7 Å². The first-order valence-corrected chi connectivity index (χ1v) is 7.54. The van der Waals surface area contributed by atoms with Crippen molar-refractivity contribution in [2.24, 2.45) is 0 Å². The van der Waals surface area contributed by atoms with Gasteiger partial charge in [0.15, 0.2) is 0 Å². The molecule has 0 bridgehead atoms. The molecule has 0 fully saturated rings. The van der Waals surface area contributed by atoms with Gasteiger partial charge in [-0.3, -0.25) is 4.90 Å². The third-order valence-electron chi connectivity index (χ3n) is 3.29. The minimum atomic E-state index is 0.548. The van der Waals surface area contributed by atoms with Gasteiger partial charge in [-0.1, -0.05) is 0 Å². The number of pyridine rings is 1. The molecule has 3 N–H and O–H groups in total. The van der Waals surface area contributed by atoms with Crippen molar-refractivity contribution in [1.82, 2.24) is 9.88 Å². The van der Waals surface area contributed by atoms with Gasteiger partial charge in [0.2, 0.25) is 0 Å². The Morgan fingerprint density at radius 1 is 1.32 bits per heavy atom. The van der Waals surface area contributed by atoms with E-state index >= 15 is 0 Å². The lowest BCUT2D eigenvalue weighted by atomic mass is 10.2. The zero-order chi connectivity index (χ0) is 14.6. The first-order valence-electron chi connectivity index (χ1n) is 6.74. The lowest BCUT2D eigenvalue weighted by molar-refractivity contribution is 0.182. The Bertz CT molecular complexity index is 410. The fraction of sp³-hybridized carbons (Fsp3) is 0.643. The summed E-state index contributed by atoms with van der Waals surface area (Å²) >= 11 is 3.54. The average molecular weight is 329 g/mol. The number of nitrogens with one attached hydrogen (secondary N) is 1. The van der Waals surface area contributed by atoms with E-state index in [1.165, 1.54) is 0 Å².